The van der Waals surface area contributed by atoms with E-state index in [-0.39, 0.29) is 17.0 Å². The average molecular weight is 387 g/mol. The van der Waals surface area contributed by atoms with E-state index in [9.17, 15) is 0 Å². The van der Waals surface area contributed by atoms with E-state index in [1.54, 1.807) is 0 Å². The van der Waals surface area contributed by atoms with Crippen molar-refractivity contribution in [1.82, 2.24) is 5.32 Å². The lowest BCUT2D eigenvalue weighted by Gasteiger charge is -2.32. The molecule has 0 amide bonds. The minimum Gasteiger partial charge on any atom is -0.313 e. The Kier molecular flexibility index (Phi) is 5.73. The molecule has 0 fully saturated rings. The van der Waals surface area contributed by atoms with Crippen molar-refractivity contribution in [1.29, 1.82) is 0 Å². The van der Waals surface area contributed by atoms with Crippen LogP contribution in [0.25, 0.3) is 0 Å². The Hall–Kier alpha value is -0.540. The zero-order valence-corrected chi connectivity index (χ0v) is 15.0. The zero-order chi connectivity index (χ0) is 14.1. The number of hydrogen-bond donors (Lipinski definition) is 1. The highest BCUT2D eigenvalue weighted by Gasteiger charge is 2.27. The number of rotatable bonds is 2. The van der Waals surface area contributed by atoms with Gasteiger partial charge >= 0.3 is 0 Å². The number of halogens is 3. The molecule has 0 saturated carbocycles. The lowest BCUT2D eigenvalue weighted by Crippen LogP contribution is -2.24. The second kappa shape index (κ2) is 7.15. The third-order valence-electron chi connectivity index (χ3n) is 4.19. The highest BCUT2D eigenvalue weighted by Crippen LogP contribution is 2.42. The molecule has 1 N–H and O–H groups in total. The first-order valence-corrected chi connectivity index (χ1v) is 7.67. The molecular formula is C17H18BrCl2N. The monoisotopic (exact) mass is 385 g/mol. The van der Waals surface area contributed by atoms with Crippen LogP contribution in [-0.2, 0) is 0 Å². The highest BCUT2D eigenvalue weighted by molar-refractivity contribution is 8.93. The molecule has 0 aliphatic heterocycles. The van der Waals surface area contributed by atoms with Gasteiger partial charge in [-0.2, -0.15) is 0 Å². The molecule has 21 heavy (non-hydrogen) atoms. The van der Waals surface area contributed by atoms with Crippen molar-refractivity contribution in [2.45, 2.75) is 24.8 Å². The number of nitrogens with one attached hydrogen (secondary N) is 1. The van der Waals surface area contributed by atoms with Gasteiger partial charge in [0.05, 0.1) is 10.0 Å². The summed E-state index contributed by atoms with van der Waals surface area (Å²) in [6, 6.07) is 15.1. The first kappa shape index (κ1) is 16.8. The normalized spacial score (nSPS) is 20.5. The van der Waals surface area contributed by atoms with Gasteiger partial charge in [-0.1, -0.05) is 53.5 Å². The summed E-state index contributed by atoms with van der Waals surface area (Å²) in [6.07, 6.45) is 2.26. The van der Waals surface area contributed by atoms with E-state index in [0.717, 1.165) is 12.8 Å². The number of hydrogen-bond acceptors (Lipinski definition) is 1. The summed E-state index contributed by atoms with van der Waals surface area (Å²) in [5.41, 5.74) is 4.05. The molecule has 0 spiro atoms. The molecule has 1 nitrogen and oxygen atoms in total. The Morgan fingerprint density at radius 3 is 2.33 bits per heavy atom. The third kappa shape index (κ3) is 3.29. The maximum absolute atomic E-state index is 6.17. The van der Waals surface area contributed by atoms with Crippen molar-refractivity contribution in [2.75, 3.05) is 7.05 Å². The molecular weight excluding hydrogens is 369 g/mol. The van der Waals surface area contributed by atoms with Crippen molar-refractivity contribution in [2.24, 2.45) is 0 Å². The first-order chi connectivity index (χ1) is 9.70. The molecule has 0 radical (unpaired) electrons. The molecule has 1 aliphatic carbocycles. The van der Waals surface area contributed by atoms with E-state index in [1.807, 2.05) is 19.2 Å². The minimum atomic E-state index is 0. The zero-order valence-electron chi connectivity index (χ0n) is 11.8. The van der Waals surface area contributed by atoms with E-state index in [1.165, 1.54) is 16.7 Å². The predicted octanol–water partition coefficient (Wildman–Crippen LogP) is 5.76. The SMILES string of the molecule is Br.CN[C@H]1CC[C@@H](c2ccc(Cl)c(Cl)c2)c2ccccc21. The second-order valence-electron chi connectivity index (χ2n) is 5.27. The molecule has 112 valence electrons. The van der Waals surface area contributed by atoms with Crippen molar-refractivity contribution < 1.29 is 0 Å². The summed E-state index contributed by atoms with van der Waals surface area (Å²) in [6.45, 7) is 0. The molecule has 0 heterocycles. The van der Waals surface area contributed by atoms with Crippen molar-refractivity contribution in [3.05, 3.63) is 69.2 Å². The minimum absolute atomic E-state index is 0. The summed E-state index contributed by atoms with van der Waals surface area (Å²) in [5.74, 6) is 0.408. The second-order valence-corrected chi connectivity index (χ2v) is 6.09. The standard InChI is InChI=1S/C17H17Cl2N.BrH/c1-20-17-9-7-12(13-4-2-3-5-14(13)17)11-6-8-15(18)16(19)10-11;/h2-6,8,10,12,17,20H,7,9H2,1H3;1H/t12-,17-;/m0./s1. The topological polar surface area (TPSA) is 12.0 Å². The van der Waals surface area contributed by atoms with E-state index in [4.69, 9.17) is 23.2 Å². The van der Waals surface area contributed by atoms with Crippen LogP contribution in [0.2, 0.25) is 10.0 Å². The Morgan fingerprint density at radius 2 is 1.67 bits per heavy atom. The summed E-state index contributed by atoms with van der Waals surface area (Å²) < 4.78 is 0. The lowest BCUT2D eigenvalue weighted by molar-refractivity contribution is 0.471. The molecule has 0 saturated heterocycles. The molecule has 2 atom stereocenters. The van der Waals surface area contributed by atoms with Gasteiger partial charge in [0.25, 0.3) is 0 Å². The predicted molar refractivity (Wildman–Crippen MR) is 96.1 cm³/mol. The largest absolute Gasteiger partial charge is 0.313 e. The van der Waals surface area contributed by atoms with Crippen molar-refractivity contribution >= 4 is 40.2 Å². The Balaban J connectivity index is 0.00000161. The summed E-state index contributed by atoms with van der Waals surface area (Å²) >= 11 is 12.2. The van der Waals surface area contributed by atoms with Crippen LogP contribution in [0.1, 0.15) is 41.5 Å². The summed E-state index contributed by atoms with van der Waals surface area (Å²) in [5, 5.41) is 4.66. The fraction of sp³-hybridized carbons (Fsp3) is 0.294. The molecule has 0 aromatic heterocycles. The van der Waals surface area contributed by atoms with Gasteiger partial charge in [0.2, 0.25) is 0 Å². The van der Waals surface area contributed by atoms with Crippen LogP contribution in [0.5, 0.6) is 0 Å². The summed E-state index contributed by atoms with van der Waals surface area (Å²) in [7, 11) is 2.03. The number of fused-ring (bicyclic) bond motifs is 1. The molecule has 2 aromatic rings. The van der Waals surface area contributed by atoms with Gasteiger partial charge in [-0.05, 0) is 48.7 Å². The average Bonchev–Trinajstić information content (AvgIpc) is 2.49. The van der Waals surface area contributed by atoms with Crippen molar-refractivity contribution in [3.63, 3.8) is 0 Å². The fourth-order valence-electron chi connectivity index (χ4n) is 3.17. The van der Waals surface area contributed by atoms with Crippen LogP contribution < -0.4 is 5.32 Å². The Labute approximate surface area is 146 Å². The van der Waals surface area contributed by atoms with Gasteiger partial charge < -0.3 is 5.32 Å². The van der Waals surface area contributed by atoms with Crippen LogP contribution >= 0.6 is 40.2 Å². The third-order valence-corrected chi connectivity index (χ3v) is 4.92. The fourth-order valence-corrected chi connectivity index (χ4v) is 3.47. The van der Waals surface area contributed by atoms with E-state index in [0.29, 0.717) is 22.0 Å². The highest BCUT2D eigenvalue weighted by atomic mass is 79.9. The van der Waals surface area contributed by atoms with Gasteiger partial charge in [-0.15, -0.1) is 17.0 Å². The molecule has 1 aliphatic rings. The van der Waals surface area contributed by atoms with E-state index >= 15 is 0 Å². The van der Waals surface area contributed by atoms with Crippen LogP contribution in [0.15, 0.2) is 42.5 Å². The quantitative estimate of drug-likeness (QED) is 0.691. The maximum atomic E-state index is 6.17. The van der Waals surface area contributed by atoms with Gasteiger partial charge in [-0.25, -0.2) is 0 Å². The molecule has 0 bridgehead atoms. The Morgan fingerprint density at radius 1 is 0.952 bits per heavy atom. The molecule has 4 heteroatoms. The lowest BCUT2D eigenvalue weighted by atomic mass is 9.77. The van der Waals surface area contributed by atoms with Crippen molar-refractivity contribution in [3.8, 4) is 0 Å². The van der Waals surface area contributed by atoms with Crippen LogP contribution in [0.4, 0.5) is 0 Å². The Bertz CT molecular complexity index is 630. The van der Waals surface area contributed by atoms with Crippen LogP contribution in [0, 0.1) is 0 Å². The van der Waals surface area contributed by atoms with E-state index in [2.05, 4.69) is 35.6 Å². The summed E-state index contributed by atoms with van der Waals surface area (Å²) in [4.78, 5) is 0. The van der Waals surface area contributed by atoms with Gasteiger partial charge in [0, 0.05) is 12.0 Å². The van der Waals surface area contributed by atoms with Crippen LogP contribution in [-0.4, -0.2) is 7.05 Å². The van der Waals surface area contributed by atoms with E-state index < -0.39 is 0 Å². The number of benzene rings is 2. The molecule has 2 aromatic carbocycles. The van der Waals surface area contributed by atoms with Crippen LogP contribution in [0.3, 0.4) is 0 Å². The smallest absolute Gasteiger partial charge is 0.0595 e. The van der Waals surface area contributed by atoms with Gasteiger partial charge in [0.15, 0.2) is 0 Å². The maximum Gasteiger partial charge on any atom is 0.0595 e. The van der Waals surface area contributed by atoms with Gasteiger partial charge in [0.1, 0.15) is 0 Å². The molecule has 0 unspecified atom stereocenters. The molecule has 3 rings (SSSR count). The first-order valence-electron chi connectivity index (χ1n) is 6.91. The van der Waals surface area contributed by atoms with Gasteiger partial charge in [-0.3, -0.25) is 0 Å².